The number of nitrogens with one attached hydrogen (secondary N) is 1. The molecule has 0 unspecified atom stereocenters. The fourth-order valence-corrected chi connectivity index (χ4v) is 3.32. The van der Waals surface area contributed by atoms with Crippen molar-refractivity contribution in [1.82, 2.24) is 10.2 Å². The summed E-state index contributed by atoms with van der Waals surface area (Å²) in [7, 11) is 0. The predicted octanol–water partition coefficient (Wildman–Crippen LogP) is 6.06. The second-order valence-electron chi connectivity index (χ2n) is 6.98. The van der Waals surface area contributed by atoms with Crippen molar-refractivity contribution in [2.75, 3.05) is 5.32 Å². The van der Waals surface area contributed by atoms with Gasteiger partial charge in [0.25, 0.3) is 11.8 Å². The average molecular weight is 425 g/mol. The molecule has 156 valence electrons. The van der Waals surface area contributed by atoms with Crippen LogP contribution >= 0.6 is 0 Å². The molecule has 0 radical (unpaired) electrons. The monoisotopic (exact) mass is 425 g/mol. The summed E-state index contributed by atoms with van der Waals surface area (Å²) in [5.74, 6) is -0.0626. The largest absolute Gasteiger partial charge is 0.459 e. The van der Waals surface area contributed by atoms with Crippen LogP contribution in [0.25, 0.3) is 33.9 Å². The Hall–Kier alpha value is -4.52. The van der Waals surface area contributed by atoms with Crippen molar-refractivity contribution < 1.29 is 18.0 Å². The standard InChI is InChI=1S/C25H16FN3O3/c26-21-8-2-1-7-20(21)17-12-10-16(11-13-17)18-5-3-6-19(15-18)23(30)27-25-29-28-24(32-25)22-9-4-14-31-22/h1-15H,(H,27,29,30). The van der Waals surface area contributed by atoms with Gasteiger partial charge in [0.15, 0.2) is 5.76 Å². The molecule has 32 heavy (non-hydrogen) atoms. The quantitative estimate of drug-likeness (QED) is 0.370. The Balaban J connectivity index is 1.34. The number of nitrogens with zero attached hydrogens (tertiary/aromatic N) is 2. The molecule has 2 heterocycles. The van der Waals surface area contributed by atoms with Crippen molar-refractivity contribution >= 4 is 11.9 Å². The van der Waals surface area contributed by atoms with Gasteiger partial charge in [0.2, 0.25) is 0 Å². The first-order valence-corrected chi connectivity index (χ1v) is 9.81. The number of anilines is 1. The second-order valence-corrected chi connectivity index (χ2v) is 6.98. The van der Waals surface area contributed by atoms with Crippen LogP contribution in [0.4, 0.5) is 10.4 Å². The molecule has 1 N–H and O–H groups in total. The summed E-state index contributed by atoms with van der Waals surface area (Å²) in [6.07, 6.45) is 1.49. The lowest BCUT2D eigenvalue weighted by atomic mass is 9.99. The lowest BCUT2D eigenvalue weighted by molar-refractivity contribution is 0.102. The van der Waals surface area contributed by atoms with Gasteiger partial charge in [0, 0.05) is 11.1 Å². The Morgan fingerprint density at radius 3 is 2.41 bits per heavy atom. The number of carbonyl (C=O) groups excluding carboxylic acids is 1. The molecule has 0 aliphatic heterocycles. The lowest BCUT2D eigenvalue weighted by Gasteiger charge is -2.07. The topological polar surface area (TPSA) is 81.2 Å². The summed E-state index contributed by atoms with van der Waals surface area (Å²) in [5, 5.41) is 10.3. The molecular weight excluding hydrogens is 409 g/mol. The van der Waals surface area contributed by atoms with E-state index in [0.29, 0.717) is 16.9 Å². The number of furan rings is 1. The molecule has 0 saturated heterocycles. The SMILES string of the molecule is O=C(Nc1nnc(-c2ccco2)o1)c1cccc(-c2ccc(-c3ccccc3F)cc2)c1. The van der Waals surface area contributed by atoms with Crippen LogP contribution in [0.15, 0.2) is 100 Å². The van der Waals surface area contributed by atoms with Crippen LogP contribution in [0.2, 0.25) is 0 Å². The van der Waals surface area contributed by atoms with Crippen molar-refractivity contribution in [1.29, 1.82) is 0 Å². The first-order valence-electron chi connectivity index (χ1n) is 9.81. The Bertz CT molecular complexity index is 1380. The molecular formula is C25H16FN3O3. The van der Waals surface area contributed by atoms with E-state index in [9.17, 15) is 9.18 Å². The van der Waals surface area contributed by atoms with E-state index in [2.05, 4.69) is 15.5 Å². The summed E-state index contributed by atoms with van der Waals surface area (Å²) < 4.78 is 24.7. The van der Waals surface area contributed by atoms with E-state index in [1.807, 2.05) is 30.3 Å². The third-order valence-electron chi connectivity index (χ3n) is 4.91. The Morgan fingerprint density at radius 1 is 0.812 bits per heavy atom. The summed E-state index contributed by atoms with van der Waals surface area (Å²) in [4.78, 5) is 12.7. The summed E-state index contributed by atoms with van der Waals surface area (Å²) >= 11 is 0. The van der Waals surface area contributed by atoms with Crippen LogP contribution in [0.3, 0.4) is 0 Å². The number of rotatable bonds is 5. The summed E-state index contributed by atoms with van der Waals surface area (Å²) in [6, 6.07) is 24.6. The third kappa shape index (κ3) is 3.91. The molecule has 5 rings (SSSR count). The molecule has 0 atom stereocenters. The van der Waals surface area contributed by atoms with Crippen molar-refractivity contribution in [3.05, 3.63) is 103 Å². The molecule has 0 spiro atoms. The van der Waals surface area contributed by atoms with E-state index in [1.54, 1.807) is 48.5 Å². The fourth-order valence-electron chi connectivity index (χ4n) is 3.32. The Kier molecular flexibility index (Phi) is 5.05. The first kappa shape index (κ1) is 19.4. The smallest absolute Gasteiger partial charge is 0.322 e. The zero-order valence-corrected chi connectivity index (χ0v) is 16.7. The van der Waals surface area contributed by atoms with Crippen LogP contribution < -0.4 is 5.32 Å². The molecule has 0 fully saturated rings. The lowest BCUT2D eigenvalue weighted by Crippen LogP contribution is -2.12. The first-order chi connectivity index (χ1) is 15.7. The van der Waals surface area contributed by atoms with Gasteiger partial charge in [-0.3, -0.25) is 10.1 Å². The number of benzene rings is 3. The van der Waals surface area contributed by atoms with Gasteiger partial charge in [-0.1, -0.05) is 59.7 Å². The zero-order valence-electron chi connectivity index (χ0n) is 16.7. The number of carbonyl (C=O) groups is 1. The Morgan fingerprint density at radius 2 is 1.62 bits per heavy atom. The maximum Gasteiger partial charge on any atom is 0.322 e. The van der Waals surface area contributed by atoms with E-state index in [1.165, 1.54) is 12.3 Å². The zero-order chi connectivity index (χ0) is 21.9. The number of halogens is 1. The van der Waals surface area contributed by atoms with Gasteiger partial charge in [-0.25, -0.2) is 4.39 Å². The van der Waals surface area contributed by atoms with Gasteiger partial charge < -0.3 is 8.83 Å². The molecule has 5 aromatic rings. The van der Waals surface area contributed by atoms with Gasteiger partial charge >= 0.3 is 6.01 Å². The van der Waals surface area contributed by atoms with E-state index in [4.69, 9.17) is 8.83 Å². The van der Waals surface area contributed by atoms with Crippen LogP contribution in [0, 0.1) is 5.82 Å². The number of hydrogen-bond acceptors (Lipinski definition) is 5. The van der Waals surface area contributed by atoms with E-state index < -0.39 is 0 Å². The highest BCUT2D eigenvalue weighted by Crippen LogP contribution is 2.27. The van der Waals surface area contributed by atoms with Crippen molar-refractivity contribution in [3.8, 4) is 33.9 Å². The van der Waals surface area contributed by atoms with Crippen LogP contribution in [0.1, 0.15) is 10.4 Å². The molecule has 1 amide bonds. The van der Waals surface area contributed by atoms with Gasteiger partial charge in [0.05, 0.1) is 6.26 Å². The maximum atomic E-state index is 14.0. The number of hydrogen-bond donors (Lipinski definition) is 1. The molecule has 0 aliphatic rings. The minimum Gasteiger partial charge on any atom is -0.459 e. The number of aromatic nitrogens is 2. The van der Waals surface area contributed by atoms with Crippen LogP contribution in [0.5, 0.6) is 0 Å². The highest BCUT2D eigenvalue weighted by Gasteiger charge is 2.15. The maximum absolute atomic E-state index is 14.0. The fraction of sp³-hybridized carbons (Fsp3) is 0. The van der Waals surface area contributed by atoms with Crippen molar-refractivity contribution in [3.63, 3.8) is 0 Å². The van der Waals surface area contributed by atoms with Crippen molar-refractivity contribution in [2.24, 2.45) is 0 Å². The number of amides is 1. The van der Waals surface area contributed by atoms with Gasteiger partial charge in [-0.15, -0.1) is 5.10 Å². The predicted molar refractivity (Wildman–Crippen MR) is 117 cm³/mol. The minimum absolute atomic E-state index is 0.0268. The summed E-state index contributed by atoms with van der Waals surface area (Å²) in [5.41, 5.74) is 3.50. The van der Waals surface area contributed by atoms with Crippen LogP contribution in [-0.4, -0.2) is 16.1 Å². The third-order valence-corrected chi connectivity index (χ3v) is 4.91. The van der Waals surface area contributed by atoms with Gasteiger partial charge in [-0.05, 0) is 47.0 Å². The van der Waals surface area contributed by atoms with Crippen LogP contribution in [-0.2, 0) is 0 Å². The van der Waals surface area contributed by atoms with Crippen molar-refractivity contribution in [2.45, 2.75) is 0 Å². The Labute approximate surface area is 182 Å². The summed E-state index contributed by atoms with van der Waals surface area (Å²) in [6.45, 7) is 0. The molecule has 3 aromatic carbocycles. The molecule has 2 aromatic heterocycles. The minimum atomic E-state index is -0.385. The second kappa shape index (κ2) is 8.31. The normalized spacial score (nSPS) is 10.8. The highest BCUT2D eigenvalue weighted by molar-refractivity contribution is 6.03. The highest BCUT2D eigenvalue weighted by atomic mass is 19.1. The van der Waals surface area contributed by atoms with E-state index in [0.717, 1.165) is 16.7 Å². The van der Waals surface area contributed by atoms with E-state index in [-0.39, 0.29) is 23.6 Å². The molecule has 0 saturated carbocycles. The molecule has 6 nitrogen and oxygen atoms in total. The average Bonchev–Trinajstić information content (AvgIpc) is 3.52. The molecule has 7 heteroatoms. The molecule has 0 bridgehead atoms. The van der Waals surface area contributed by atoms with E-state index >= 15 is 0 Å². The van der Waals surface area contributed by atoms with Gasteiger partial charge in [-0.2, -0.15) is 0 Å². The van der Waals surface area contributed by atoms with Gasteiger partial charge in [0.1, 0.15) is 5.82 Å². The molecule has 0 aliphatic carbocycles.